The maximum atomic E-state index is 12.9. The number of aryl methyl sites for hydroxylation is 1. The van der Waals surface area contributed by atoms with Crippen LogP contribution in [0.25, 0.3) is 0 Å². The third kappa shape index (κ3) is 5.43. The van der Waals surface area contributed by atoms with Crippen LogP contribution in [-0.2, 0) is 11.2 Å². The summed E-state index contributed by atoms with van der Waals surface area (Å²) in [6.07, 6.45) is 0.983. The fourth-order valence-electron chi connectivity index (χ4n) is 3.73. The Morgan fingerprint density at radius 3 is 1.91 bits per heavy atom. The van der Waals surface area contributed by atoms with E-state index in [0.717, 1.165) is 5.56 Å². The molecule has 0 N–H and O–H groups in total. The van der Waals surface area contributed by atoms with Gasteiger partial charge in [-0.1, -0.05) is 0 Å². The van der Waals surface area contributed by atoms with Crippen molar-refractivity contribution in [2.75, 3.05) is 54.6 Å². The molecule has 0 bridgehead atoms. The summed E-state index contributed by atoms with van der Waals surface area (Å²) in [5, 5.41) is 0. The van der Waals surface area contributed by atoms with Gasteiger partial charge in [0.1, 0.15) is 11.5 Å². The van der Waals surface area contributed by atoms with E-state index in [-0.39, 0.29) is 11.8 Å². The maximum Gasteiger partial charge on any atom is 0.254 e. The van der Waals surface area contributed by atoms with Crippen molar-refractivity contribution in [3.8, 4) is 23.0 Å². The van der Waals surface area contributed by atoms with Crippen molar-refractivity contribution in [3.05, 3.63) is 47.5 Å². The quantitative estimate of drug-likeness (QED) is 0.626. The van der Waals surface area contributed by atoms with Gasteiger partial charge in [0.05, 0.1) is 28.4 Å². The summed E-state index contributed by atoms with van der Waals surface area (Å²) in [5.74, 6) is 2.49. The van der Waals surface area contributed by atoms with E-state index in [2.05, 4.69) is 0 Å². The first kappa shape index (κ1) is 23.2. The molecule has 0 aromatic heterocycles. The molecule has 172 valence electrons. The third-order valence-electron chi connectivity index (χ3n) is 5.59. The molecule has 1 heterocycles. The van der Waals surface area contributed by atoms with E-state index in [1.54, 1.807) is 50.5 Å². The molecule has 32 heavy (non-hydrogen) atoms. The number of nitrogens with zero attached hydrogens (tertiary/aromatic N) is 2. The van der Waals surface area contributed by atoms with Crippen LogP contribution in [0, 0.1) is 0 Å². The topological polar surface area (TPSA) is 77.5 Å². The molecule has 0 aliphatic carbocycles. The van der Waals surface area contributed by atoms with Crippen LogP contribution in [-0.4, -0.2) is 76.2 Å². The van der Waals surface area contributed by atoms with E-state index in [9.17, 15) is 9.59 Å². The highest BCUT2D eigenvalue weighted by Crippen LogP contribution is 2.28. The average molecular weight is 443 g/mol. The molecule has 1 fully saturated rings. The SMILES string of the molecule is COc1cc(CCC(=O)N2CCN(C(=O)c3ccc(OC)c(OC)c3)CC2)cc(OC)c1. The third-order valence-corrected chi connectivity index (χ3v) is 5.59. The van der Waals surface area contributed by atoms with Crippen LogP contribution in [0.15, 0.2) is 36.4 Å². The molecule has 3 rings (SSSR count). The van der Waals surface area contributed by atoms with E-state index < -0.39 is 0 Å². The molecular formula is C24H30N2O6. The number of ether oxygens (including phenoxy) is 4. The lowest BCUT2D eigenvalue weighted by atomic mass is 10.1. The Hall–Kier alpha value is -3.42. The number of hydrogen-bond acceptors (Lipinski definition) is 6. The number of methoxy groups -OCH3 is 4. The molecule has 8 nitrogen and oxygen atoms in total. The molecule has 0 radical (unpaired) electrons. The predicted octanol–water partition coefficient (Wildman–Crippen LogP) is 2.64. The van der Waals surface area contributed by atoms with Crippen LogP contribution >= 0.6 is 0 Å². The van der Waals surface area contributed by atoms with Gasteiger partial charge in [-0.3, -0.25) is 9.59 Å². The zero-order chi connectivity index (χ0) is 23.1. The van der Waals surface area contributed by atoms with Crippen LogP contribution in [0.4, 0.5) is 0 Å². The Morgan fingerprint density at radius 1 is 0.750 bits per heavy atom. The van der Waals surface area contributed by atoms with Crippen LogP contribution in [0.3, 0.4) is 0 Å². The minimum absolute atomic E-state index is 0.0741. The summed E-state index contributed by atoms with van der Waals surface area (Å²) in [4.78, 5) is 29.2. The number of rotatable bonds is 8. The van der Waals surface area contributed by atoms with Crippen molar-refractivity contribution in [3.63, 3.8) is 0 Å². The Balaban J connectivity index is 1.54. The molecule has 2 amide bonds. The lowest BCUT2D eigenvalue weighted by Crippen LogP contribution is -2.50. The molecule has 1 saturated heterocycles. The summed E-state index contributed by atoms with van der Waals surface area (Å²) in [5.41, 5.74) is 1.52. The first-order valence-electron chi connectivity index (χ1n) is 10.5. The second-order valence-corrected chi connectivity index (χ2v) is 7.46. The van der Waals surface area contributed by atoms with E-state index in [1.165, 1.54) is 7.11 Å². The first-order chi connectivity index (χ1) is 15.5. The molecule has 0 atom stereocenters. The molecule has 2 aromatic carbocycles. The summed E-state index contributed by atoms with van der Waals surface area (Å²) < 4.78 is 21.1. The number of amides is 2. The minimum Gasteiger partial charge on any atom is -0.497 e. The minimum atomic E-state index is -0.0819. The molecular weight excluding hydrogens is 412 g/mol. The van der Waals surface area contributed by atoms with Gasteiger partial charge in [-0.2, -0.15) is 0 Å². The van der Waals surface area contributed by atoms with E-state index in [4.69, 9.17) is 18.9 Å². The molecule has 0 spiro atoms. The Kier molecular flexibility index (Phi) is 7.81. The van der Waals surface area contributed by atoms with Gasteiger partial charge in [-0.25, -0.2) is 0 Å². The predicted molar refractivity (Wildman–Crippen MR) is 120 cm³/mol. The number of carbonyl (C=O) groups is 2. The Bertz CT molecular complexity index is 931. The second-order valence-electron chi connectivity index (χ2n) is 7.46. The number of carbonyl (C=O) groups excluding carboxylic acids is 2. The standard InChI is InChI=1S/C24H30N2O6/c1-29-19-13-17(14-20(16-19)30-2)5-8-23(27)25-9-11-26(12-10-25)24(28)18-6-7-21(31-3)22(15-18)32-4/h6-7,13-16H,5,8-12H2,1-4H3. The van der Waals surface area contributed by atoms with Crippen LogP contribution in [0.1, 0.15) is 22.3 Å². The second kappa shape index (κ2) is 10.7. The maximum absolute atomic E-state index is 12.9. The van der Waals surface area contributed by atoms with Gasteiger partial charge < -0.3 is 28.7 Å². The highest BCUT2D eigenvalue weighted by molar-refractivity contribution is 5.95. The van der Waals surface area contributed by atoms with Crippen LogP contribution < -0.4 is 18.9 Å². The van der Waals surface area contributed by atoms with Gasteiger partial charge in [-0.05, 0) is 42.3 Å². The fraction of sp³-hybridized carbons (Fsp3) is 0.417. The van der Waals surface area contributed by atoms with Gasteiger partial charge in [0.15, 0.2) is 11.5 Å². The molecule has 8 heteroatoms. The average Bonchev–Trinajstić information content (AvgIpc) is 2.86. The highest BCUT2D eigenvalue weighted by Gasteiger charge is 2.25. The van der Waals surface area contributed by atoms with Gasteiger partial charge in [0, 0.05) is 44.2 Å². The van der Waals surface area contributed by atoms with Gasteiger partial charge in [0.2, 0.25) is 5.91 Å². The van der Waals surface area contributed by atoms with Crippen LogP contribution in [0.5, 0.6) is 23.0 Å². The summed E-state index contributed by atoms with van der Waals surface area (Å²) >= 11 is 0. The summed E-state index contributed by atoms with van der Waals surface area (Å²) in [6.45, 7) is 2.01. The van der Waals surface area contributed by atoms with Crippen molar-refractivity contribution < 1.29 is 28.5 Å². The molecule has 1 aliphatic heterocycles. The van der Waals surface area contributed by atoms with Gasteiger partial charge in [-0.15, -0.1) is 0 Å². The molecule has 1 aliphatic rings. The molecule has 2 aromatic rings. The van der Waals surface area contributed by atoms with E-state index in [0.29, 0.717) is 67.6 Å². The highest BCUT2D eigenvalue weighted by atomic mass is 16.5. The van der Waals surface area contributed by atoms with Crippen molar-refractivity contribution >= 4 is 11.8 Å². The Labute approximate surface area is 188 Å². The lowest BCUT2D eigenvalue weighted by molar-refractivity contribution is -0.132. The van der Waals surface area contributed by atoms with E-state index >= 15 is 0 Å². The van der Waals surface area contributed by atoms with Crippen molar-refractivity contribution in [1.29, 1.82) is 0 Å². The summed E-state index contributed by atoms with van der Waals surface area (Å²) in [7, 11) is 6.30. The first-order valence-corrected chi connectivity index (χ1v) is 10.5. The molecule has 0 unspecified atom stereocenters. The van der Waals surface area contributed by atoms with Gasteiger partial charge >= 0.3 is 0 Å². The smallest absolute Gasteiger partial charge is 0.254 e. The number of hydrogen-bond donors (Lipinski definition) is 0. The van der Waals surface area contributed by atoms with Crippen molar-refractivity contribution in [2.45, 2.75) is 12.8 Å². The number of benzene rings is 2. The number of piperazine rings is 1. The zero-order valence-corrected chi connectivity index (χ0v) is 19.1. The summed E-state index contributed by atoms with van der Waals surface area (Å²) in [6, 6.07) is 10.8. The normalized spacial score (nSPS) is 13.5. The van der Waals surface area contributed by atoms with Crippen LogP contribution in [0.2, 0.25) is 0 Å². The van der Waals surface area contributed by atoms with Gasteiger partial charge in [0.25, 0.3) is 5.91 Å². The largest absolute Gasteiger partial charge is 0.497 e. The lowest BCUT2D eigenvalue weighted by Gasteiger charge is -2.35. The fourth-order valence-corrected chi connectivity index (χ4v) is 3.73. The zero-order valence-electron chi connectivity index (χ0n) is 19.1. The van der Waals surface area contributed by atoms with Crippen molar-refractivity contribution in [1.82, 2.24) is 9.80 Å². The van der Waals surface area contributed by atoms with E-state index in [1.807, 2.05) is 17.0 Å². The monoisotopic (exact) mass is 442 g/mol. The Morgan fingerprint density at radius 2 is 1.34 bits per heavy atom. The molecule has 0 saturated carbocycles. The van der Waals surface area contributed by atoms with Crippen molar-refractivity contribution in [2.24, 2.45) is 0 Å².